The van der Waals surface area contributed by atoms with E-state index in [1.165, 1.54) is 0 Å². The number of ether oxygens (including phenoxy) is 2. The van der Waals surface area contributed by atoms with Gasteiger partial charge in [0, 0.05) is 23.0 Å². The van der Waals surface area contributed by atoms with E-state index in [1.807, 2.05) is 0 Å². The largest absolute Gasteiger partial charge is 0.497 e. The molecule has 1 aromatic heterocycles. The zero-order chi connectivity index (χ0) is 21.8. The Hall–Kier alpha value is -3.29. The van der Waals surface area contributed by atoms with Crippen LogP contribution in [-0.2, 0) is 4.74 Å². The summed E-state index contributed by atoms with van der Waals surface area (Å²) in [6, 6.07) is 6.71. The molecule has 1 fully saturated rings. The van der Waals surface area contributed by atoms with Gasteiger partial charge in [-0.2, -0.15) is 0 Å². The second-order valence-electron chi connectivity index (χ2n) is 7.29. The average molecular weight is 413 g/mol. The van der Waals surface area contributed by atoms with Gasteiger partial charge in [-0.15, -0.1) is 0 Å². The van der Waals surface area contributed by atoms with E-state index < -0.39 is 5.97 Å². The number of H-pyrrole nitrogens is 1. The number of esters is 1. The van der Waals surface area contributed by atoms with Crippen LogP contribution in [0.4, 0.5) is 10.5 Å². The first-order chi connectivity index (χ1) is 14.3. The van der Waals surface area contributed by atoms with Gasteiger partial charge in [-0.3, -0.25) is 4.79 Å². The molecule has 1 aliphatic carbocycles. The Bertz CT molecular complexity index is 944. The minimum absolute atomic E-state index is 0.0382. The molecular weight excluding hydrogens is 386 g/mol. The number of amides is 2. The van der Waals surface area contributed by atoms with Gasteiger partial charge in [0.1, 0.15) is 11.4 Å². The predicted octanol–water partition coefficient (Wildman–Crippen LogP) is 3.70. The van der Waals surface area contributed by atoms with Crippen molar-refractivity contribution in [2.45, 2.75) is 39.7 Å². The van der Waals surface area contributed by atoms with Gasteiger partial charge in [0.05, 0.1) is 20.3 Å². The number of benzene rings is 1. The highest BCUT2D eigenvalue weighted by atomic mass is 16.5. The standard InChI is InChI=1S/C22H27N3O5/c1-5-30-21(27)20-13(2)19(14(3)23-20)18(26)12-25(16-8-9-16)22(28)24-15-6-10-17(29-4)11-7-15/h6-7,10-11,16,23H,5,8-9,12H2,1-4H3,(H,24,28). The number of rotatable bonds is 8. The summed E-state index contributed by atoms with van der Waals surface area (Å²) >= 11 is 0. The van der Waals surface area contributed by atoms with Crippen LogP contribution in [0.15, 0.2) is 24.3 Å². The quantitative estimate of drug-likeness (QED) is 0.508. The number of urea groups is 1. The lowest BCUT2D eigenvalue weighted by Gasteiger charge is -2.22. The third kappa shape index (κ3) is 4.64. The topological polar surface area (TPSA) is 101 Å². The molecule has 0 spiro atoms. The minimum atomic E-state index is -0.492. The fraction of sp³-hybridized carbons (Fsp3) is 0.409. The fourth-order valence-corrected chi connectivity index (χ4v) is 3.43. The molecule has 8 nitrogen and oxygen atoms in total. The van der Waals surface area contributed by atoms with Crippen molar-refractivity contribution in [3.05, 3.63) is 46.8 Å². The maximum Gasteiger partial charge on any atom is 0.355 e. The summed E-state index contributed by atoms with van der Waals surface area (Å²) in [7, 11) is 1.58. The second-order valence-corrected chi connectivity index (χ2v) is 7.29. The predicted molar refractivity (Wildman–Crippen MR) is 112 cm³/mol. The summed E-state index contributed by atoms with van der Waals surface area (Å²) in [4.78, 5) is 42.5. The average Bonchev–Trinajstić information content (AvgIpc) is 3.51. The fourth-order valence-electron chi connectivity index (χ4n) is 3.43. The van der Waals surface area contributed by atoms with E-state index in [4.69, 9.17) is 9.47 Å². The summed E-state index contributed by atoms with van der Waals surface area (Å²) in [5.74, 6) is -0.0138. The molecule has 0 unspecified atom stereocenters. The van der Waals surface area contributed by atoms with E-state index in [2.05, 4.69) is 10.3 Å². The van der Waals surface area contributed by atoms with Gasteiger partial charge >= 0.3 is 12.0 Å². The van der Waals surface area contributed by atoms with E-state index in [1.54, 1.807) is 57.0 Å². The molecule has 0 radical (unpaired) electrons. The third-order valence-corrected chi connectivity index (χ3v) is 5.10. The van der Waals surface area contributed by atoms with Gasteiger partial charge in [0.15, 0.2) is 5.78 Å². The molecule has 1 aromatic carbocycles. The van der Waals surface area contributed by atoms with Crippen LogP contribution in [-0.4, -0.2) is 54.0 Å². The summed E-state index contributed by atoms with van der Waals surface area (Å²) in [5, 5.41) is 2.84. The number of anilines is 1. The molecule has 8 heteroatoms. The minimum Gasteiger partial charge on any atom is -0.497 e. The van der Waals surface area contributed by atoms with Crippen LogP contribution in [0.3, 0.4) is 0 Å². The Balaban J connectivity index is 1.74. The van der Waals surface area contributed by atoms with Crippen molar-refractivity contribution in [3.63, 3.8) is 0 Å². The van der Waals surface area contributed by atoms with Gasteiger partial charge in [0.25, 0.3) is 0 Å². The van der Waals surface area contributed by atoms with E-state index >= 15 is 0 Å². The molecule has 160 valence electrons. The molecule has 30 heavy (non-hydrogen) atoms. The van der Waals surface area contributed by atoms with Crippen LogP contribution in [0.5, 0.6) is 5.75 Å². The number of aryl methyl sites for hydroxylation is 1. The Morgan fingerprint density at radius 2 is 1.83 bits per heavy atom. The normalized spacial score (nSPS) is 12.9. The molecule has 0 saturated heterocycles. The van der Waals surface area contributed by atoms with Crippen molar-refractivity contribution in [3.8, 4) is 5.75 Å². The first-order valence-corrected chi connectivity index (χ1v) is 9.96. The van der Waals surface area contributed by atoms with Crippen molar-refractivity contribution in [2.24, 2.45) is 0 Å². The van der Waals surface area contributed by atoms with Crippen molar-refractivity contribution >= 4 is 23.5 Å². The maximum atomic E-state index is 13.1. The van der Waals surface area contributed by atoms with Crippen LogP contribution in [0.25, 0.3) is 0 Å². The summed E-state index contributed by atoms with van der Waals surface area (Å²) in [6.07, 6.45) is 1.73. The molecular formula is C22H27N3O5. The number of ketones is 1. The van der Waals surface area contributed by atoms with Gasteiger partial charge in [-0.25, -0.2) is 9.59 Å². The number of methoxy groups -OCH3 is 1. The molecule has 1 heterocycles. The number of carbonyl (C=O) groups excluding carboxylic acids is 3. The zero-order valence-electron chi connectivity index (χ0n) is 17.7. The zero-order valence-corrected chi connectivity index (χ0v) is 17.7. The molecule has 0 atom stereocenters. The molecule has 1 saturated carbocycles. The van der Waals surface area contributed by atoms with Crippen LogP contribution in [0, 0.1) is 13.8 Å². The number of hydrogen-bond donors (Lipinski definition) is 2. The smallest absolute Gasteiger partial charge is 0.355 e. The molecule has 2 aromatic rings. The Morgan fingerprint density at radius 3 is 2.40 bits per heavy atom. The lowest BCUT2D eigenvalue weighted by Crippen LogP contribution is -2.40. The lowest BCUT2D eigenvalue weighted by atomic mass is 10.1. The van der Waals surface area contributed by atoms with E-state index in [0.29, 0.717) is 28.3 Å². The van der Waals surface area contributed by atoms with Gasteiger partial charge in [-0.05, 0) is 63.4 Å². The van der Waals surface area contributed by atoms with Gasteiger partial charge < -0.3 is 24.7 Å². The first-order valence-electron chi connectivity index (χ1n) is 9.96. The van der Waals surface area contributed by atoms with Gasteiger partial charge in [0.2, 0.25) is 0 Å². The van der Waals surface area contributed by atoms with Crippen molar-refractivity contribution in [2.75, 3.05) is 25.6 Å². The number of hydrogen-bond acceptors (Lipinski definition) is 5. The number of nitrogens with one attached hydrogen (secondary N) is 2. The third-order valence-electron chi connectivity index (χ3n) is 5.10. The van der Waals surface area contributed by atoms with E-state index in [9.17, 15) is 14.4 Å². The van der Waals surface area contributed by atoms with Crippen LogP contribution >= 0.6 is 0 Å². The van der Waals surface area contributed by atoms with E-state index in [-0.39, 0.29) is 36.7 Å². The molecule has 1 aliphatic rings. The van der Waals surface area contributed by atoms with Crippen LogP contribution < -0.4 is 10.1 Å². The second kappa shape index (κ2) is 9.02. The lowest BCUT2D eigenvalue weighted by molar-refractivity contribution is 0.0519. The van der Waals surface area contributed by atoms with Crippen LogP contribution in [0.1, 0.15) is 51.9 Å². The summed E-state index contributed by atoms with van der Waals surface area (Å²) in [6.45, 7) is 5.36. The van der Waals surface area contributed by atoms with Crippen molar-refractivity contribution in [1.29, 1.82) is 0 Å². The van der Waals surface area contributed by atoms with Gasteiger partial charge in [-0.1, -0.05) is 0 Å². The number of nitrogens with zero attached hydrogens (tertiary/aromatic N) is 1. The highest BCUT2D eigenvalue weighted by molar-refractivity contribution is 6.05. The highest BCUT2D eigenvalue weighted by Crippen LogP contribution is 2.29. The van der Waals surface area contributed by atoms with Crippen LogP contribution in [0.2, 0.25) is 0 Å². The Labute approximate surface area is 175 Å². The number of carbonyl (C=O) groups is 3. The highest BCUT2D eigenvalue weighted by Gasteiger charge is 2.35. The maximum absolute atomic E-state index is 13.1. The molecule has 0 bridgehead atoms. The first kappa shape index (κ1) is 21.4. The molecule has 3 rings (SSSR count). The van der Waals surface area contributed by atoms with Crippen molar-refractivity contribution in [1.82, 2.24) is 9.88 Å². The number of aromatic amines is 1. The van der Waals surface area contributed by atoms with E-state index in [0.717, 1.165) is 12.8 Å². The summed E-state index contributed by atoms with van der Waals surface area (Å²) < 4.78 is 10.2. The summed E-state index contributed by atoms with van der Waals surface area (Å²) in [5.41, 5.74) is 2.46. The molecule has 0 aliphatic heterocycles. The number of aromatic nitrogens is 1. The SMILES string of the molecule is CCOC(=O)c1[nH]c(C)c(C(=O)CN(C(=O)Nc2ccc(OC)cc2)C2CC2)c1C. The van der Waals surface area contributed by atoms with Crippen molar-refractivity contribution < 1.29 is 23.9 Å². The molecule has 2 amide bonds. The monoisotopic (exact) mass is 413 g/mol. The Kier molecular flexibility index (Phi) is 6.44. The number of Topliss-reactive ketones (excluding diaryl/α,β-unsaturated/α-hetero) is 1. The Morgan fingerprint density at radius 1 is 1.17 bits per heavy atom. The molecule has 2 N–H and O–H groups in total.